The molecule has 3 N–H and O–H groups in total. The van der Waals surface area contributed by atoms with E-state index in [1.807, 2.05) is 6.07 Å². The van der Waals surface area contributed by atoms with E-state index in [-0.39, 0.29) is 22.3 Å². The Kier molecular flexibility index (Phi) is 17.9. The van der Waals surface area contributed by atoms with Gasteiger partial charge in [0.2, 0.25) is 10.0 Å². The summed E-state index contributed by atoms with van der Waals surface area (Å²) in [7, 11) is 0.301. The summed E-state index contributed by atoms with van der Waals surface area (Å²) >= 11 is 0. The van der Waals surface area contributed by atoms with Crippen molar-refractivity contribution in [3.63, 3.8) is 0 Å². The van der Waals surface area contributed by atoms with Gasteiger partial charge in [0.05, 0.1) is 25.2 Å². The first-order valence-electron chi connectivity index (χ1n) is 8.04. The van der Waals surface area contributed by atoms with Gasteiger partial charge < -0.3 is 15.2 Å². The van der Waals surface area contributed by atoms with E-state index in [0.717, 1.165) is 37.1 Å². The van der Waals surface area contributed by atoms with Crippen LogP contribution >= 0.6 is 0 Å². The van der Waals surface area contributed by atoms with E-state index in [0.29, 0.717) is 25.1 Å². The molecule has 0 saturated heterocycles. The molecule has 1 aliphatic carbocycles. The molecule has 1 aromatic rings. The van der Waals surface area contributed by atoms with Gasteiger partial charge in [-0.15, -0.1) is 0 Å². The van der Waals surface area contributed by atoms with Crippen LogP contribution in [0.2, 0.25) is 0 Å². The number of aromatic nitrogens is 1. The second-order valence-corrected chi connectivity index (χ2v) is 7.74. The standard InChI is InChI=1S/C9H19NO3S.C7H10N2O.3CH4/c1-13-9-5-3-4-8(6-9)7-10-14(2,11)12;1-10-7-2-3-9-6(4-7)5-8;;;/h8-10H,3-7H2,1-2H3;2-4H,5,8H2,1H3;3*1H4. The molecule has 2 atom stereocenters. The third-order valence-electron chi connectivity index (χ3n) is 3.94. The van der Waals surface area contributed by atoms with Crippen LogP contribution in [0.15, 0.2) is 18.3 Å². The number of hydrogen-bond donors (Lipinski definition) is 2. The molecule has 2 rings (SSSR count). The summed E-state index contributed by atoms with van der Waals surface area (Å²) in [5.74, 6) is 1.24. The lowest BCUT2D eigenvalue weighted by Gasteiger charge is -2.27. The molecule has 2 unspecified atom stereocenters. The van der Waals surface area contributed by atoms with Crippen LogP contribution in [0.1, 0.15) is 53.7 Å². The van der Waals surface area contributed by atoms with E-state index in [1.54, 1.807) is 26.5 Å². The van der Waals surface area contributed by atoms with Crippen molar-refractivity contribution in [3.8, 4) is 5.75 Å². The number of methoxy groups -OCH3 is 2. The summed E-state index contributed by atoms with van der Waals surface area (Å²) in [6, 6.07) is 3.61. The Morgan fingerprint density at radius 1 is 1.26 bits per heavy atom. The van der Waals surface area contributed by atoms with Crippen molar-refractivity contribution in [3.05, 3.63) is 24.0 Å². The number of pyridine rings is 1. The highest BCUT2D eigenvalue weighted by Crippen LogP contribution is 2.25. The summed E-state index contributed by atoms with van der Waals surface area (Å²) < 4.78 is 34.6. The molecular weight excluding hydrogens is 366 g/mol. The Bertz CT molecular complexity index is 563. The third kappa shape index (κ3) is 13.6. The third-order valence-corrected chi connectivity index (χ3v) is 4.63. The molecular formula is C19H41N3O4S. The molecule has 1 fully saturated rings. The molecule has 162 valence electrons. The van der Waals surface area contributed by atoms with Crippen molar-refractivity contribution in [1.82, 2.24) is 9.71 Å². The molecule has 27 heavy (non-hydrogen) atoms. The van der Waals surface area contributed by atoms with Crippen LogP contribution in [0.5, 0.6) is 5.75 Å². The molecule has 7 nitrogen and oxygen atoms in total. The van der Waals surface area contributed by atoms with E-state index in [4.69, 9.17) is 15.2 Å². The first-order valence-corrected chi connectivity index (χ1v) is 9.93. The summed E-state index contributed by atoms with van der Waals surface area (Å²) in [6.07, 6.45) is 7.50. The molecule has 0 aliphatic heterocycles. The molecule has 1 aliphatic rings. The first-order chi connectivity index (χ1) is 11.4. The van der Waals surface area contributed by atoms with Crippen LogP contribution < -0.4 is 15.2 Å². The Morgan fingerprint density at radius 3 is 2.44 bits per heavy atom. The summed E-state index contributed by atoms with van der Waals surface area (Å²) in [4.78, 5) is 4.00. The average molecular weight is 408 g/mol. The fourth-order valence-electron chi connectivity index (χ4n) is 2.61. The van der Waals surface area contributed by atoms with Gasteiger partial charge in [0.1, 0.15) is 5.75 Å². The number of sulfonamides is 1. The average Bonchev–Trinajstić information content (AvgIpc) is 2.60. The van der Waals surface area contributed by atoms with Crippen LogP contribution in [-0.4, -0.2) is 46.5 Å². The van der Waals surface area contributed by atoms with E-state index < -0.39 is 10.0 Å². The largest absolute Gasteiger partial charge is 0.497 e. The van der Waals surface area contributed by atoms with Gasteiger partial charge in [0.25, 0.3) is 0 Å². The normalized spacial score (nSPS) is 18.5. The molecule has 0 aromatic carbocycles. The highest BCUT2D eigenvalue weighted by Gasteiger charge is 2.22. The minimum atomic E-state index is -3.04. The minimum Gasteiger partial charge on any atom is -0.497 e. The lowest BCUT2D eigenvalue weighted by atomic mass is 9.87. The lowest BCUT2D eigenvalue weighted by molar-refractivity contribution is 0.0517. The Balaban J connectivity index is -0.000000400. The van der Waals surface area contributed by atoms with Crippen molar-refractivity contribution < 1.29 is 17.9 Å². The van der Waals surface area contributed by atoms with E-state index >= 15 is 0 Å². The van der Waals surface area contributed by atoms with E-state index in [9.17, 15) is 8.42 Å². The van der Waals surface area contributed by atoms with Crippen molar-refractivity contribution in [2.24, 2.45) is 11.7 Å². The van der Waals surface area contributed by atoms with Crippen LogP contribution in [-0.2, 0) is 21.3 Å². The molecule has 1 saturated carbocycles. The van der Waals surface area contributed by atoms with Gasteiger partial charge in [0, 0.05) is 32.5 Å². The second kappa shape index (κ2) is 15.8. The molecule has 1 aromatic heterocycles. The van der Waals surface area contributed by atoms with Gasteiger partial charge in [-0.1, -0.05) is 28.7 Å². The van der Waals surface area contributed by atoms with Crippen LogP contribution in [0.3, 0.4) is 0 Å². The Hall–Kier alpha value is -1.22. The number of nitrogens with one attached hydrogen (secondary N) is 1. The maximum atomic E-state index is 10.9. The quantitative estimate of drug-likeness (QED) is 0.750. The zero-order valence-electron chi connectivity index (χ0n) is 14.7. The molecule has 8 heteroatoms. The molecule has 0 spiro atoms. The Morgan fingerprint density at radius 2 is 1.93 bits per heavy atom. The van der Waals surface area contributed by atoms with Crippen LogP contribution in [0.4, 0.5) is 0 Å². The van der Waals surface area contributed by atoms with Crippen molar-refractivity contribution in [2.75, 3.05) is 27.0 Å². The highest BCUT2D eigenvalue weighted by molar-refractivity contribution is 7.88. The number of rotatable bonds is 6. The molecule has 0 bridgehead atoms. The van der Waals surface area contributed by atoms with Crippen LogP contribution in [0, 0.1) is 5.92 Å². The topological polar surface area (TPSA) is 104 Å². The second-order valence-electron chi connectivity index (χ2n) is 5.90. The molecule has 1 heterocycles. The molecule has 0 amide bonds. The van der Waals surface area contributed by atoms with Crippen LogP contribution in [0.25, 0.3) is 0 Å². The maximum Gasteiger partial charge on any atom is 0.208 e. The van der Waals surface area contributed by atoms with Crippen molar-refractivity contribution in [1.29, 1.82) is 0 Å². The smallest absolute Gasteiger partial charge is 0.208 e. The van der Waals surface area contributed by atoms with E-state index in [1.165, 1.54) is 6.26 Å². The monoisotopic (exact) mass is 407 g/mol. The summed E-state index contributed by atoms with van der Waals surface area (Å²) in [5, 5.41) is 0. The fraction of sp³-hybridized carbons (Fsp3) is 0.737. The predicted octanol–water partition coefficient (Wildman–Crippen LogP) is 3.20. The van der Waals surface area contributed by atoms with Gasteiger partial charge in [-0.25, -0.2) is 13.1 Å². The number of nitrogens with two attached hydrogens (primary N) is 1. The summed E-state index contributed by atoms with van der Waals surface area (Å²) in [6.45, 7) is 1.01. The minimum absolute atomic E-state index is 0. The lowest BCUT2D eigenvalue weighted by Crippen LogP contribution is -2.32. The van der Waals surface area contributed by atoms with Gasteiger partial charge in [-0.05, 0) is 31.2 Å². The summed E-state index contributed by atoms with van der Waals surface area (Å²) in [5.41, 5.74) is 6.20. The first kappa shape index (κ1) is 30.5. The maximum absolute atomic E-state index is 10.9. The number of hydrogen-bond acceptors (Lipinski definition) is 6. The van der Waals surface area contributed by atoms with Crippen molar-refractivity contribution >= 4 is 10.0 Å². The SMILES string of the molecule is C.C.C.COC1CCCC(CNS(C)(=O)=O)C1.COc1ccnc(CN)c1. The zero-order valence-corrected chi connectivity index (χ0v) is 15.5. The van der Waals surface area contributed by atoms with E-state index in [2.05, 4.69) is 9.71 Å². The van der Waals surface area contributed by atoms with Gasteiger partial charge in [-0.3, -0.25) is 4.98 Å². The van der Waals surface area contributed by atoms with Gasteiger partial charge in [0.15, 0.2) is 0 Å². The van der Waals surface area contributed by atoms with Gasteiger partial charge in [-0.2, -0.15) is 0 Å². The van der Waals surface area contributed by atoms with Gasteiger partial charge >= 0.3 is 0 Å². The predicted molar refractivity (Wildman–Crippen MR) is 114 cm³/mol. The molecule has 0 radical (unpaired) electrons. The fourth-order valence-corrected chi connectivity index (χ4v) is 3.14. The van der Waals surface area contributed by atoms with Crippen molar-refractivity contribution in [2.45, 2.75) is 60.6 Å². The zero-order chi connectivity index (χ0) is 18.0. The number of nitrogens with zero attached hydrogens (tertiary/aromatic N) is 1. The Labute approximate surface area is 167 Å². The highest BCUT2D eigenvalue weighted by atomic mass is 32.2. The number of ether oxygens (including phenoxy) is 2.